The smallest absolute Gasteiger partial charge is 0.123 e. The van der Waals surface area contributed by atoms with Gasteiger partial charge in [0.15, 0.2) is 0 Å². The summed E-state index contributed by atoms with van der Waals surface area (Å²) in [7, 11) is 0. The van der Waals surface area contributed by atoms with Gasteiger partial charge in [0.2, 0.25) is 0 Å². The zero-order valence-electron chi connectivity index (χ0n) is 11.5. The lowest BCUT2D eigenvalue weighted by molar-refractivity contribution is 0.0570. The summed E-state index contributed by atoms with van der Waals surface area (Å²) < 4.78 is 6.12. The summed E-state index contributed by atoms with van der Waals surface area (Å²) in [6.07, 6.45) is 6.36. The SMILES string of the molecule is CC(C)=CCCC1(C)CCc2cc(O)ccc2O1. The summed E-state index contributed by atoms with van der Waals surface area (Å²) in [4.78, 5) is 0. The van der Waals surface area contributed by atoms with E-state index in [1.165, 1.54) is 5.57 Å². The van der Waals surface area contributed by atoms with Crippen molar-refractivity contribution < 1.29 is 9.84 Å². The Bertz CT molecular complexity index is 458. The summed E-state index contributed by atoms with van der Waals surface area (Å²) >= 11 is 0. The van der Waals surface area contributed by atoms with E-state index in [4.69, 9.17) is 4.74 Å². The lowest BCUT2D eigenvalue weighted by Crippen LogP contribution is -2.36. The largest absolute Gasteiger partial charge is 0.508 e. The third kappa shape index (κ3) is 3.06. The summed E-state index contributed by atoms with van der Waals surface area (Å²) in [5, 5.41) is 9.46. The predicted octanol–water partition coefficient (Wildman–Crippen LogP) is 4.22. The molecule has 0 bridgehead atoms. The van der Waals surface area contributed by atoms with Crippen LogP contribution in [0.3, 0.4) is 0 Å². The lowest BCUT2D eigenvalue weighted by atomic mass is 9.88. The Labute approximate surface area is 109 Å². The number of aromatic hydroxyl groups is 1. The van der Waals surface area contributed by atoms with Gasteiger partial charge < -0.3 is 9.84 Å². The number of rotatable bonds is 3. The molecule has 1 unspecified atom stereocenters. The van der Waals surface area contributed by atoms with Crippen molar-refractivity contribution in [1.29, 1.82) is 0 Å². The maximum Gasteiger partial charge on any atom is 0.123 e. The molecule has 1 aliphatic heterocycles. The van der Waals surface area contributed by atoms with E-state index >= 15 is 0 Å². The zero-order valence-corrected chi connectivity index (χ0v) is 11.5. The molecule has 1 heterocycles. The molecule has 0 radical (unpaired) electrons. The van der Waals surface area contributed by atoms with Crippen LogP contribution in [0.5, 0.6) is 11.5 Å². The van der Waals surface area contributed by atoms with Gasteiger partial charge in [-0.2, -0.15) is 0 Å². The van der Waals surface area contributed by atoms with E-state index in [1.807, 2.05) is 12.1 Å². The molecule has 1 aromatic carbocycles. The van der Waals surface area contributed by atoms with Crippen molar-refractivity contribution in [3.63, 3.8) is 0 Å². The van der Waals surface area contributed by atoms with Gasteiger partial charge in [0.25, 0.3) is 0 Å². The topological polar surface area (TPSA) is 29.5 Å². The predicted molar refractivity (Wildman–Crippen MR) is 74.1 cm³/mol. The standard InChI is InChI=1S/C16H22O2/c1-12(2)5-4-9-16(3)10-8-13-11-14(17)6-7-15(13)18-16/h5-7,11,17H,4,8-10H2,1-3H3. The quantitative estimate of drug-likeness (QED) is 0.809. The minimum atomic E-state index is -0.0735. The van der Waals surface area contributed by atoms with E-state index in [0.29, 0.717) is 5.75 Å². The molecule has 1 aromatic rings. The number of allylic oxidation sites excluding steroid dienone is 2. The lowest BCUT2D eigenvalue weighted by Gasteiger charge is -2.35. The van der Waals surface area contributed by atoms with E-state index in [-0.39, 0.29) is 5.60 Å². The van der Waals surface area contributed by atoms with Crippen molar-refractivity contribution in [1.82, 2.24) is 0 Å². The summed E-state index contributed by atoms with van der Waals surface area (Å²) in [6, 6.07) is 5.38. The summed E-state index contributed by atoms with van der Waals surface area (Å²) in [5.41, 5.74) is 2.41. The molecule has 2 heteroatoms. The van der Waals surface area contributed by atoms with Crippen LogP contribution in [0, 0.1) is 0 Å². The van der Waals surface area contributed by atoms with Gasteiger partial charge in [0, 0.05) is 0 Å². The normalized spacial score (nSPS) is 21.9. The monoisotopic (exact) mass is 246 g/mol. The minimum absolute atomic E-state index is 0.0735. The Balaban J connectivity index is 2.06. The van der Waals surface area contributed by atoms with Crippen LogP contribution in [-0.2, 0) is 6.42 Å². The first-order valence-electron chi connectivity index (χ1n) is 6.63. The summed E-state index contributed by atoms with van der Waals surface area (Å²) in [5.74, 6) is 1.25. The maximum absolute atomic E-state index is 9.46. The number of aryl methyl sites for hydroxylation is 1. The average Bonchev–Trinajstić information content (AvgIpc) is 2.29. The highest BCUT2D eigenvalue weighted by Crippen LogP contribution is 2.37. The van der Waals surface area contributed by atoms with Crippen LogP contribution in [0.25, 0.3) is 0 Å². The van der Waals surface area contributed by atoms with Crippen LogP contribution < -0.4 is 4.74 Å². The summed E-state index contributed by atoms with van der Waals surface area (Å²) in [6.45, 7) is 6.44. The molecular weight excluding hydrogens is 224 g/mol. The second kappa shape index (κ2) is 5.05. The van der Waals surface area contributed by atoms with Crippen LogP contribution in [-0.4, -0.2) is 10.7 Å². The number of hydrogen-bond donors (Lipinski definition) is 1. The van der Waals surface area contributed by atoms with Gasteiger partial charge in [-0.05, 0) is 70.2 Å². The van der Waals surface area contributed by atoms with Crippen molar-refractivity contribution in [3.05, 3.63) is 35.4 Å². The second-order valence-electron chi connectivity index (χ2n) is 5.66. The first kappa shape index (κ1) is 13.0. The van der Waals surface area contributed by atoms with Crippen LogP contribution in [0.2, 0.25) is 0 Å². The van der Waals surface area contributed by atoms with Crippen LogP contribution in [0.1, 0.15) is 45.6 Å². The number of phenols is 1. The molecule has 0 saturated heterocycles. The number of phenolic OH excluding ortho intramolecular Hbond substituents is 1. The Morgan fingerprint density at radius 3 is 2.94 bits per heavy atom. The van der Waals surface area contributed by atoms with Crippen molar-refractivity contribution >= 4 is 0 Å². The number of fused-ring (bicyclic) bond motifs is 1. The van der Waals surface area contributed by atoms with E-state index in [2.05, 4.69) is 26.8 Å². The third-order valence-corrected chi connectivity index (χ3v) is 3.55. The highest BCUT2D eigenvalue weighted by atomic mass is 16.5. The zero-order chi connectivity index (χ0) is 13.2. The van der Waals surface area contributed by atoms with Crippen molar-refractivity contribution in [2.75, 3.05) is 0 Å². The van der Waals surface area contributed by atoms with Crippen LogP contribution in [0.15, 0.2) is 29.8 Å². The maximum atomic E-state index is 9.46. The van der Waals surface area contributed by atoms with E-state index < -0.39 is 0 Å². The van der Waals surface area contributed by atoms with Crippen molar-refractivity contribution in [3.8, 4) is 11.5 Å². The first-order valence-corrected chi connectivity index (χ1v) is 6.63. The highest BCUT2D eigenvalue weighted by Gasteiger charge is 2.30. The molecule has 0 spiro atoms. The molecule has 1 aliphatic rings. The molecule has 0 amide bonds. The fourth-order valence-electron chi connectivity index (χ4n) is 2.42. The molecule has 0 saturated carbocycles. The Morgan fingerprint density at radius 1 is 1.44 bits per heavy atom. The highest BCUT2D eigenvalue weighted by molar-refractivity contribution is 5.41. The number of ether oxygens (including phenoxy) is 1. The van der Waals surface area contributed by atoms with Crippen molar-refractivity contribution in [2.24, 2.45) is 0 Å². The molecule has 2 nitrogen and oxygen atoms in total. The molecule has 0 aromatic heterocycles. The van der Waals surface area contributed by atoms with E-state index in [1.54, 1.807) is 6.07 Å². The molecular formula is C16H22O2. The Kier molecular flexibility index (Phi) is 3.65. The molecule has 1 N–H and O–H groups in total. The van der Waals surface area contributed by atoms with Gasteiger partial charge in [-0.25, -0.2) is 0 Å². The van der Waals surface area contributed by atoms with Gasteiger partial charge in [-0.1, -0.05) is 11.6 Å². The molecule has 2 rings (SSSR count). The first-order chi connectivity index (χ1) is 8.48. The molecule has 0 aliphatic carbocycles. The number of benzene rings is 1. The van der Waals surface area contributed by atoms with Crippen LogP contribution in [0.4, 0.5) is 0 Å². The van der Waals surface area contributed by atoms with Gasteiger partial charge in [-0.15, -0.1) is 0 Å². The van der Waals surface area contributed by atoms with E-state index in [0.717, 1.165) is 37.0 Å². The molecule has 18 heavy (non-hydrogen) atoms. The van der Waals surface area contributed by atoms with Crippen molar-refractivity contribution in [2.45, 2.75) is 52.1 Å². The Morgan fingerprint density at radius 2 is 2.22 bits per heavy atom. The Hall–Kier alpha value is -1.44. The fraction of sp³-hybridized carbons (Fsp3) is 0.500. The number of hydrogen-bond acceptors (Lipinski definition) is 2. The second-order valence-corrected chi connectivity index (χ2v) is 5.66. The van der Waals surface area contributed by atoms with Gasteiger partial charge in [0.1, 0.15) is 17.1 Å². The van der Waals surface area contributed by atoms with Gasteiger partial charge in [0.05, 0.1) is 0 Å². The molecule has 98 valence electrons. The third-order valence-electron chi connectivity index (χ3n) is 3.55. The van der Waals surface area contributed by atoms with Gasteiger partial charge >= 0.3 is 0 Å². The minimum Gasteiger partial charge on any atom is -0.508 e. The van der Waals surface area contributed by atoms with Crippen LogP contribution >= 0.6 is 0 Å². The van der Waals surface area contributed by atoms with E-state index in [9.17, 15) is 5.11 Å². The molecule has 0 fully saturated rings. The fourth-order valence-corrected chi connectivity index (χ4v) is 2.42. The average molecular weight is 246 g/mol. The van der Waals surface area contributed by atoms with Gasteiger partial charge in [-0.3, -0.25) is 0 Å². The molecule has 1 atom stereocenters.